The van der Waals surface area contributed by atoms with Gasteiger partial charge in [0.2, 0.25) is 0 Å². The Balaban J connectivity index is 3.08. The minimum Gasteiger partial charge on any atom is -0.207 e. The lowest BCUT2D eigenvalue weighted by Crippen LogP contribution is -1.80. The smallest absolute Gasteiger partial charge is 0.126 e. The summed E-state index contributed by atoms with van der Waals surface area (Å²) >= 11 is 3.01. The molecule has 0 N–H and O–H groups in total. The lowest BCUT2D eigenvalue weighted by Gasteiger charge is -1.93. The molecule has 1 aromatic rings. The van der Waals surface area contributed by atoms with Gasteiger partial charge in [-0.2, -0.15) is 0 Å². The average Bonchev–Trinajstić information content (AvgIpc) is 1.85. The second-order valence-corrected chi connectivity index (χ2v) is 2.52. The Morgan fingerprint density at radius 2 is 1.64 bits per heavy atom. The molecule has 0 amide bonds. The van der Waals surface area contributed by atoms with Crippen molar-refractivity contribution >= 4 is 22.0 Å². The van der Waals surface area contributed by atoms with Gasteiger partial charge in [0.25, 0.3) is 0 Å². The van der Waals surface area contributed by atoms with Crippen molar-refractivity contribution in [2.75, 3.05) is 0 Å². The molecule has 0 aliphatic rings. The van der Waals surface area contributed by atoms with E-state index in [2.05, 4.69) is 15.9 Å². The molecular formula is C8H5BrF2. The molecule has 0 nitrogen and oxygen atoms in total. The molecule has 0 saturated heterocycles. The van der Waals surface area contributed by atoms with Crippen LogP contribution in [-0.4, -0.2) is 0 Å². The van der Waals surface area contributed by atoms with E-state index < -0.39 is 11.6 Å². The number of halogens is 3. The molecule has 0 saturated carbocycles. The van der Waals surface area contributed by atoms with Crippen LogP contribution in [-0.2, 0) is 0 Å². The highest BCUT2D eigenvalue weighted by Gasteiger charge is 1.96. The zero-order valence-electron chi connectivity index (χ0n) is 5.52. The van der Waals surface area contributed by atoms with Gasteiger partial charge in [-0.15, -0.1) is 0 Å². The summed E-state index contributed by atoms with van der Waals surface area (Å²) in [5, 5.41) is 0. The van der Waals surface area contributed by atoms with E-state index in [1.807, 2.05) is 0 Å². The van der Waals surface area contributed by atoms with Crippen molar-refractivity contribution in [2.45, 2.75) is 0 Å². The molecule has 0 aliphatic carbocycles. The molecule has 0 atom stereocenters. The molecular weight excluding hydrogens is 214 g/mol. The van der Waals surface area contributed by atoms with Gasteiger partial charge in [-0.25, -0.2) is 8.78 Å². The second-order valence-electron chi connectivity index (χ2n) is 2.00. The molecule has 0 aromatic heterocycles. The van der Waals surface area contributed by atoms with Crippen LogP contribution in [0.5, 0.6) is 0 Å². The fourth-order valence-electron chi connectivity index (χ4n) is 0.744. The molecule has 0 aliphatic heterocycles. The van der Waals surface area contributed by atoms with E-state index in [9.17, 15) is 8.78 Å². The molecule has 0 heterocycles. The maximum absolute atomic E-state index is 12.5. The number of hydrogen-bond acceptors (Lipinski definition) is 0. The van der Waals surface area contributed by atoms with Gasteiger partial charge in [-0.3, -0.25) is 0 Å². The summed E-state index contributed by atoms with van der Waals surface area (Å²) < 4.78 is 24.9. The van der Waals surface area contributed by atoms with Crippen LogP contribution in [0.1, 0.15) is 5.56 Å². The Hall–Kier alpha value is -0.700. The largest absolute Gasteiger partial charge is 0.207 e. The number of rotatable bonds is 1. The summed E-state index contributed by atoms with van der Waals surface area (Å²) in [4.78, 5) is 1.54. The summed E-state index contributed by atoms with van der Waals surface area (Å²) in [5.41, 5.74) is 0.499. The Kier molecular flexibility index (Phi) is 2.76. The van der Waals surface area contributed by atoms with E-state index >= 15 is 0 Å². The van der Waals surface area contributed by atoms with E-state index in [1.165, 1.54) is 12.1 Å². The minimum atomic E-state index is -0.564. The topological polar surface area (TPSA) is 0 Å². The molecule has 0 radical (unpaired) electrons. The van der Waals surface area contributed by atoms with E-state index in [0.29, 0.717) is 5.56 Å². The van der Waals surface area contributed by atoms with Crippen molar-refractivity contribution < 1.29 is 8.78 Å². The van der Waals surface area contributed by atoms with Crippen LogP contribution in [0, 0.1) is 11.6 Å². The molecule has 0 unspecified atom stereocenters. The highest BCUT2D eigenvalue weighted by Crippen LogP contribution is 2.09. The van der Waals surface area contributed by atoms with Crippen molar-refractivity contribution in [3.63, 3.8) is 0 Å². The maximum atomic E-state index is 12.5. The number of hydrogen-bond donors (Lipinski definition) is 0. The first kappa shape index (κ1) is 8.40. The monoisotopic (exact) mass is 218 g/mol. The van der Waals surface area contributed by atoms with E-state index in [1.54, 1.807) is 11.1 Å². The average molecular weight is 219 g/mol. The van der Waals surface area contributed by atoms with Crippen molar-refractivity contribution in [3.05, 3.63) is 40.4 Å². The maximum Gasteiger partial charge on any atom is 0.126 e. The molecule has 0 fully saturated rings. The Labute approximate surface area is 71.7 Å². The van der Waals surface area contributed by atoms with Crippen LogP contribution in [0.2, 0.25) is 0 Å². The van der Waals surface area contributed by atoms with Gasteiger partial charge >= 0.3 is 0 Å². The lowest BCUT2D eigenvalue weighted by atomic mass is 10.2. The van der Waals surface area contributed by atoms with Crippen LogP contribution in [0.15, 0.2) is 23.2 Å². The van der Waals surface area contributed by atoms with Crippen LogP contribution < -0.4 is 0 Å². The van der Waals surface area contributed by atoms with Gasteiger partial charge in [0, 0.05) is 6.07 Å². The summed E-state index contributed by atoms with van der Waals surface area (Å²) in [5.74, 6) is -1.13. The quantitative estimate of drug-likeness (QED) is 0.679. The third-order valence-electron chi connectivity index (χ3n) is 1.14. The highest BCUT2D eigenvalue weighted by atomic mass is 79.9. The van der Waals surface area contributed by atoms with Crippen molar-refractivity contribution in [1.82, 2.24) is 0 Å². The van der Waals surface area contributed by atoms with Crippen LogP contribution in [0.25, 0.3) is 6.08 Å². The van der Waals surface area contributed by atoms with Gasteiger partial charge in [0.15, 0.2) is 0 Å². The first-order chi connectivity index (χ1) is 5.22. The first-order valence-electron chi connectivity index (χ1n) is 2.95. The Bertz CT molecular complexity index is 261. The van der Waals surface area contributed by atoms with Gasteiger partial charge in [0.1, 0.15) is 11.6 Å². The predicted molar refractivity (Wildman–Crippen MR) is 44.3 cm³/mol. The third kappa shape index (κ3) is 2.42. The van der Waals surface area contributed by atoms with E-state index in [-0.39, 0.29) is 0 Å². The van der Waals surface area contributed by atoms with Crippen molar-refractivity contribution in [3.8, 4) is 0 Å². The third-order valence-corrected chi connectivity index (χ3v) is 1.40. The molecule has 1 aromatic carbocycles. The van der Waals surface area contributed by atoms with Crippen molar-refractivity contribution in [1.29, 1.82) is 0 Å². The highest BCUT2D eigenvalue weighted by molar-refractivity contribution is 9.11. The van der Waals surface area contributed by atoms with Crippen LogP contribution in [0.4, 0.5) is 8.78 Å². The van der Waals surface area contributed by atoms with Gasteiger partial charge < -0.3 is 0 Å². The summed E-state index contributed by atoms with van der Waals surface area (Å²) in [7, 11) is 0. The summed E-state index contributed by atoms with van der Waals surface area (Å²) in [6, 6.07) is 3.34. The molecule has 0 spiro atoms. The van der Waals surface area contributed by atoms with E-state index in [4.69, 9.17) is 0 Å². The SMILES string of the molecule is Fc1cc(F)cc(C=CBr)c1. The molecule has 1 rings (SSSR count). The van der Waals surface area contributed by atoms with Crippen molar-refractivity contribution in [2.24, 2.45) is 0 Å². The molecule has 3 heteroatoms. The number of benzene rings is 1. The minimum absolute atomic E-state index is 0.499. The lowest BCUT2D eigenvalue weighted by molar-refractivity contribution is 0.583. The Morgan fingerprint density at radius 3 is 2.09 bits per heavy atom. The van der Waals surface area contributed by atoms with Gasteiger partial charge in [-0.1, -0.05) is 15.9 Å². The fraction of sp³-hybridized carbons (Fsp3) is 0. The second kappa shape index (κ2) is 3.62. The van der Waals surface area contributed by atoms with Crippen LogP contribution in [0.3, 0.4) is 0 Å². The first-order valence-corrected chi connectivity index (χ1v) is 3.87. The zero-order chi connectivity index (χ0) is 8.27. The summed E-state index contributed by atoms with van der Waals surface area (Å²) in [6.45, 7) is 0. The summed E-state index contributed by atoms with van der Waals surface area (Å²) in [6.07, 6.45) is 1.56. The Morgan fingerprint density at radius 1 is 1.09 bits per heavy atom. The molecule has 58 valence electrons. The normalized spacial score (nSPS) is 10.8. The zero-order valence-corrected chi connectivity index (χ0v) is 7.11. The van der Waals surface area contributed by atoms with E-state index in [0.717, 1.165) is 6.07 Å². The molecule has 11 heavy (non-hydrogen) atoms. The van der Waals surface area contributed by atoms with Gasteiger partial charge in [0.05, 0.1) is 0 Å². The predicted octanol–water partition coefficient (Wildman–Crippen LogP) is 3.33. The van der Waals surface area contributed by atoms with Gasteiger partial charge in [-0.05, 0) is 28.8 Å². The molecule has 0 bridgehead atoms. The standard InChI is InChI=1S/C8H5BrF2/c9-2-1-6-3-7(10)5-8(11)4-6/h1-5H. The van der Waals surface area contributed by atoms with Crippen LogP contribution >= 0.6 is 15.9 Å². The fourth-order valence-corrected chi connectivity index (χ4v) is 1.05.